The number of para-hydroxylation sites is 1. The summed E-state index contributed by atoms with van der Waals surface area (Å²) in [5.74, 6) is 0.313. The van der Waals surface area contributed by atoms with Crippen LogP contribution in [0.15, 0.2) is 66.9 Å². The number of aliphatic hydroxyl groups is 1. The van der Waals surface area contributed by atoms with E-state index in [2.05, 4.69) is 15.3 Å². The quantitative estimate of drug-likeness (QED) is 0.510. The van der Waals surface area contributed by atoms with Gasteiger partial charge in [-0.3, -0.25) is 4.79 Å². The van der Waals surface area contributed by atoms with Crippen LogP contribution in [-0.4, -0.2) is 58.4 Å². The number of nitrogens with one attached hydrogen (secondary N) is 1. The predicted octanol–water partition coefficient (Wildman–Crippen LogP) is 4.41. The molecule has 0 radical (unpaired) electrons. The first-order valence-corrected chi connectivity index (χ1v) is 12.8. The third-order valence-electron chi connectivity index (χ3n) is 6.92. The lowest BCUT2D eigenvalue weighted by Gasteiger charge is -2.37. The molecular formula is C28H33N5O3. The lowest BCUT2D eigenvalue weighted by Crippen LogP contribution is -2.47. The first-order valence-electron chi connectivity index (χ1n) is 12.8. The summed E-state index contributed by atoms with van der Waals surface area (Å²) in [6.45, 7) is 2.82. The van der Waals surface area contributed by atoms with Crippen LogP contribution in [0, 0.1) is 5.92 Å². The summed E-state index contributed by atoms with van der Waals surface area (Å²) in [5, 5.41) is 17.6. The van der Waals surface area contributed by atoms with Crippen molar-refractivity contribution in [3.05, 3.63) is 66.9 Å². The third-order valence-corrected chi connectivity index (χ3v) is 6.92. The molecule has 3 aromatic rings. The van der Waals surface area contributed by atoms with Gasteiger partial charge in [-0.05, 0) is 49.1 Å². The number of aromatic nitrogens is 2. The third kappa shape index (κ3) is 5.73. The molecule has 8 nitrogen and oxygen atoms in total. The zero-order valence-corrected chi connectivity index (χ0v) is 20.4. The fourth-order valence-electron chi connectivity index (χ4n) is 4.94. The summed E-state index contributed by atoms with van der Waals surface area (Å²) in [5.41, 5.74) is 3.35. The van der Waals surface area contributed by atoms with Gasteiger partial charge in [0.2, 0.25) is 5.95 Å². The number of aliphatic hydroxyl groups excluding tert-OH is 1. The highest BCUT2D eigenvalue weighted by Crippen LogP contribution is 2.29. The van der Waals surface area contributed by atoms with E-state index in [0.717, 1.165) is 55.7 Å². The second-order valence-electron chi connectivity index (χ2n) is 9.36. The Labute approximate surface area is 211 Å². The van der Waals surface area contributed by atoms with E-state index in [-0.39, 0.29) is 11.8 Å². The number of hydrogen-bond acceptors (Lipinski definition) is 7. The lowest BCUT2D eigenvalue weighted by atomic mass is 9.85. The smallest absolute Gasteiger partial charge is 0.253 e. The van der Waals surface area contributed by atoms with Crippen molar-refractivity contribution in [1.82, 2.24) is 15.0 Å². The van der Waals surface area contributed by atoms with E-state index in [4.69, 9.17) is 9.72 Å². The van der Waals surface area contributed by atoms with Gasteiger partial charge in [0.1, 0.15) is 6.10 Å². The van der Waals surface area contributed by atoms with Gasteiger partial charge in [-0.25, -0.2) is 20.0 Å². The fourth-order valence-corrected chi connectivity index (χ4v) is 4.94. The number of benzene rings is 2. The van der Waals surface area contributed by atoms with Crippen molar-refractivity contribution in [2.24, 2.45) is 5.92 Å². The second-order valence-corrected chi connectivity index (χ2v) is 9.36. The van der Waals surface area contributed by atoms with Gasteiger partial charge >= 0.3 is 0 Å². The van der Waals surface area contributed by atoms with Gasteiger partial charge in [0.25, 0.3) is 5.91 Å². The Morgan fingerprint density at radius 1 is 1.00 bits per heavy atom. The number of carbonyl (C=O) groups excluding carboxylic acids is 1. The van der Waals surface area contributed by atoms with Crippen LogP contribution in [-0.2, 0) is 9.53 Å². The molecule has 1 atom stereocenters. The van der Waals surface area contributed by atoms with Gasteiger partial charge in [0, 0.05) is 30.5 Å². The van der Waals surface area contributed by atoms with Crippen molar-refractivity contribution in [2.45, 2.75) is 38.2 Å². The number of hydrazine groups is 1. The summed E-state index contributed by atoms with van der Waals surface area (Å²) < 4.78 is 5.55. The molecule has 1 aliphatic carbocycles. The Kier molecular flexibility index (Phi) is 7.85. The minimum absolute atomic E-state index is 0.0523. The number of ether oxygens (including phenoxy) is 1. The summed E-state index contributed by atoms with van der Waals surface area (Å²) >= 11 is 0. The molecule has 0 spiro atoms. The number of carbonyl (C=O) groups is 1. The van der Waals surface area contributed by atoms with Gasteiger partial charge in [0.05, 0.1) is 24.6 Å². The zero-order valence-electron chi connectivity index (χ0n) is 20.4. The Hall–Kier alpha value is -3.33. The standard InChI is InChI=1S/C28H33N5O3/c34-26(22-7-3-1-4-8-22)27(35)30-23-13-11-21(12-14-23)25-15-16-29-28(31-25)33(24-9-5-2-6-10-24)32-17-19-36-20-18-32/h2,5-6,9-16,22,26,34H,1,3-4,7-8,17-20H2,(H,30,35)/t26-/m0/s1. The molecule has 2 N–H and O–H groups in total. The Morgan fingerprint density at radius 3 is 2.44 bits per heavy atom. The van der Waals surface area contributed by atoms with E-state index in [1.165, 1.54) is 6.42 Å². The summed E-state index contributed by atoms with van der Waals surface area (Å²) in [7, 11) is 0. The SMILES string of the molecule is O=C(Nc1ccc(-c2ccnc(N(c3ccccc3)N3CCOCC3)n2)cc1)[C@@H](O)C1CCCCC1. The minimum Gasteiger partial charge on any atom is -0.383 e. The molecular weight excluding hydrogens is 454 g/mol. The highest BCUT2D eigenvalue weighted by Gasteiger charge is 2.27. The molecule has 0 unspecified atom stereocenters. The Balaban J connectivity index is 1.32. The molecule has 1 aliphatic heterocycles. The number of nitrogens with zero attached hydrogens (tertiary/aromatic N) is 4. The molecule has 2 heterocycles. The van der Waals surface area contributed by atoms with E-state index in [0.29, 0.717) is 24.8 Å². The maximum atomic E-state index is 12.6. The molecule has 1 amide bonds. The normalized spacial score (nSPS) is 17.9. The highest BCUT2D eigenvalue weighted by molar-refractivity contribution is 5.94. The van der Waals surface area contributed by atoms with Crippen molar-refractivity contribution in [2.75, 3.05) is 36.6 Å². The number of hydrogen-bond donors (Lipinski definition) is 2. The summed E-state index contributed by atoms with van der Waals surface area (Å²) in [4.78, 5) is 22.0. The summed E-state index contributed by atoms with van der Waals surface area (Å²) in [6.07, 6.45) is 5.98. The van der Waals surface area contributed by atoms with Crippen LogP contribution in [0.5, 0.6) is 0 Å². The molecule has 188 valence electrons. The first kappa shape index (κ1) is 24.4. The first-order chi connectivity index (χ1) is 17.7. The molecule has 1 aromatic heterocycles. The average molecular weight is 488 g/mol. The number of rotatable bonds is 7. The minimum atomic E-state index is -0.960. The van der Waals surface area contributed by atoms with Crippen LogP contribution < -0.4 is 10.3 Å². The van der Waals surface area contributed by atoms with E-state index in [1.807, 2.05) is 65.7 Å². The second kappa shape index (κ2) is 11.6. The van der Waals surface area contributed by atoms with Crippen LogP contribution in [0.2, 0.25) is 0 Å². The van der Waals surface area contributed by atoms with Crippen LogP contribution in [0.4, 0.5) is 17.3 Å². The molecule has 8 heteroatoms. The Morgan fingerprint density at radius 2 is 1.72 bits per heavy atom. The molecule has 2 fully saturated rings. The highest BCUT2D eigenvalue weighted by atomic mass is 16.5. The molecule has 1 saturated heterocycles. The Bertz CT molecular complexity index is 1130. The maximum absolute atomic E-state index is 12.6. The van der Waals surface area contributed by atoms with Gasteiger partial charge in [0.15, 0.2) is 0 Å². The fraction of sp³-hybridized carbons (Fsp3) is 0.393. The van der Waals surface area contributed by atoms with Crippen molar-refractivity contribution < 1.29 is 14.6 Å². The molecule has 0 bridgehead atoms. The predicted molar refractivity (Wildman–Crippen MR) is 140 cm³/mol. The number of morpholine rings is 1. The largest absolute Gasteiger partial charge is 0.383 e. The zero-order chi connectivity index (χ0) is 24.7. The van der Waals surface area contributed by atoms with Crippen molar-refractivity contribution in [3.63, 3.8) is 0 Å². The average Bonchev–Trinajstić information content (AvgIpc) is 2.95. The van der Waals surface area contributed by atoms with E-state index in [9.17, 15) is 9.90 Å². The molecule has 1 saturated carbocycles. The van der Waals surface area contributed by atoms with Crippen molar-refractivity contribution >= 4 is 23.2 Å². The van der Waals surface area contributed by atoms with E-state index in [1.54, 1.807) is 6.20 Å². The van der Waals surface area contributed by atoms with E-state index >= 15 is 0 Å². The van der Waals surface area contributed by atoms with Gasteiger partial charge in [-0.2, -0.15) is 0 Å². The lowest BCUT2D eigenvalue weighted by molar-refractivity contribution is -0.127. The topological polar surface area (TPSA) is 90.8 Å². The summed E-state index contributed by atoms with van der Waals surface area (Å²) in [6, 6.07) is 19.5. The number of amides is 1. The van der Waals surface area contributed by atoms with Crippen molar-refractivity contribution in [3.8, 4) is 11.3 Å². The van der Waals surface area contributed by atoms with Gasteiger partial charge in [-0.1, -0.05) is 49.6 Å². The van der Waals surface area contributed by atoms with Crippen molar-refractivity contribution in [1.29, 1.82) is 0 Å². The van der Waals surface area contributed by atoms with Crippen LogP contribution >= 0.6 is 0 Å². The van der Waals surface area contributed by atoms with Gasteiger partial charge < -0.3 is 15.2 Å². The van der Waals surface area contributed by atoms with Crippen LogP contribution in [0.3, 0.4) is 0 Å². The van der Waals surface area contributed by atoms with Gasteiger partial charge in [-0.15, -0.1) is 0 Å². The molecule has 2 aromatic carbocycles. The molecule has 36 heavy (non-hydrogen) atoms. The van der Waals surface area contributed by atoms with Crippen LogP contribution in [0.1, 0.15) is 32.1 Å². The van der Waals surface area contributed by atoms with E-state index < -0.39 is 6.10 Å². The molecule has 2 aliphatic rings. The monoisotopic (exact) mass is 487 g/mol. The maximum Gasteiger partial charge on any atom is 0.253 e. The van der Waals surface area contributed by atoms with Crippen LogP contribution in [0.25, 0.3) is 11.3 Å². The number of anilines is 3. The molecule has 5 rings (SSSR count).